The second-order valence-electron chi connectivity index (χ2n) is 4.88. The average Bonchev–Trinajstić information content (AvgIpc) is 2.58. The highest BCUT2D eigenvalue weighted by atomic mass is 32.2. The Bertz CT molecular complexity index is 621. The Balaban J connectivity index is 2.64. The number of hydrogen-bond acceptors (Lipinski definition) is 5. The summed E-state index contributed by atoms with van der Waals surface area (Å²) in [6.45, 7) is 1.88. The van der Waals surface area contributed by atoms with Crippen LogP contribution in [0, 0.1) is 0 Å². The molecule has 0 amide bonds. The molecule has 0 saturated carbocycles. The first kappa shape index (κ1) is 20.8. The van der Waals surface area contributed by atoms with Crippen molar-refractivity contribution in [3.05, 3.63) is 29.8 Å². The molecule has 136 valence electrons. The van der Waals surface area contributed by atoms with E-state index in [1.807, 2.05) is 12.3 Å². The maximum absolute atomic E-state index is 12.2. The highest BCUT2D eigenvalue weighted by molar-refractivity contribution is 7.98. The van der Waals surface area contributed by atoms with Crippen LogP contribution in [-0.4, -0.2) is 60.2 Å². The van der Waals surface area contributed by atoms with Crippen LogP contribution < -0.4 is 15.4 Å². The van der Waals surface area contributed by atoms with E-state index in [4.69, 9.17) is 4.74 Å². The van der Waals surface area contributed by atoms with Crippen molar-refractivity contribution in [2.24, 2.45) is 4.99 Å². The van der Waals surface area contributed by atoms with E-state index in [2.05, 4.69) is 20.3 Å². The summed E-state index contributed by atoms with van der Waals surface area (Å²) in [6, 6.07) is 6.82. The molecule has 0 aliphatic heterocycles. The summed E-state index contributed by atoms with van der Waals surface area (Å²) in [6.07, 6.45) is 2.05. The number of nitrogens with zero attached hydrogens (tertiary/aromatic N) is 1. The lowest BCUT2D eigenvalue weighted by Gasteiger charge is -2.12. The molecule has 1 aromatic rings. The number of aliphatic imine (C=N–C) groups is 1. The smallest absolute Gasteiger partial charge is 0.240 e. The number of ether oxygens (including phenoxy) is 1. The molecule has 0 radical (unpaired) electrons. The second-order valence-corrected chi connectivity index (χ2v) is 7.64. The fraction of sp³-hybridized carbons (Fsp3) is 0.533. The highest BCUT2D eigenvalue weighted by Gasteiger charge is 2.13. The van der Waals surface area contributed by atoms with Gasteiger partial charge in [-0.3, -0.25) is 4.99 Å². The lowest BCUT2D eigenvalue weighted by Crippen LogP contribution is -2.38. The third kappa shape index (κ3) is 7.52. The number of thioether (sulfide) groups is 1. The molecule has 0 heterocycles. The van der Waals surface area contributed by atoms with Gasteiger partial charge in [0.2, 0.25) is 10.0 Å². The van der Waals surface area contributed by atoms with Crippen LogP contribution in [0.3, 0.4) is 0 Å². The van der Waals surface area contributed by atoms with E-state index >= 15 is 0 Å². The SMILES string of the molecule is CN=C(NCCSC)NCc1cccc(S(=O)(=O)NCCOC)c1. The Morgan fingerprint density at radius 3 is 2.75 bits per heavy atom. The maximum atomic E-state index is 12.2. The van der Waals surface area contributed by atoms with Crippen LogP contribution in [0.5, 0.6) is 0 Å². The van der Waals surface area contributed by atoms with Crippen molar-refractivity contribution < 1.29 is 13.2 Å². The minimum Gasteiger partial charge on any atom is -0.383 e. The summed E-state index contributed by atoms with van der Waals surface area (Å²) in [5.74, 6) is 1.68. The van der Waals surface area contributed by atoms with Crippen molar-refractivity contribution in [1.82, 2.24) is 15.4 Å². The van der Waals surface area contributed by atoms with Gasteiger partial charge in [-0.15, -0.1) is 0 Å². The Morgan fingerprint density at radius 1 is 1.29 bits per heavy atom. The van der Waals surface area contributed by atoms with E-state index in [1.165, 1.54) is 7.11 Å². The normalized spacial score (nSPS) is 12.2. The van der Waals surface area contributed by atoms with Gasteiger partial charge in [0.05, 0.1) is 11.5 Å². The van der Waals surface area contributed by atoms with Crippen LogP contribution in [-0.2, 0) is 21.3 Å². The zero-order valence-corrected chi connectivity index (χ0v) is 16.0. The number of methoxy groups -OCH3 is 1. The van der Waals surface area contributed by atoms with Gasteiger partial charge in [0.25, 0.3) is 0 Å². The second kappa shape index (κ2) is 11.3. The van der Waals surface area contributed by atoms with Crippen LogP contribution in [0.1, 0.15) is 5.56 Å². The van der Waals surface area contributed by atoms with Gasteiger partial charge in [-0.1, -0.05) is 12.1 Å². The molecule has 0 aromatic heterocycles. The predicted octanol–water partition coefficient (Wildman–Crippen LogP) is 0.639. The van der Waals surface area contributed by atoms with E-state index in [9.17, 15) is 8.42 Å². The molecular weight excluding hydrogens is 348 g/mol. The molecule has 1 rings (SSSR count). The van der Waals surface area contributed by atoms with E-state index in [-0.39, 0.29) is 11.4 Å². The molecule has 7 nitrogen and oxygen atoms in total. The van der Waals surface area contributed by atoms with Crippen molar-refractivity contribution in [1.29, 1.82) is 0 Å². The lowest BCUT2D eigenvalue weighted by atomic mass is 10.2. The van der Waals surface area contributed by atoms with Gasteiger partial charge in [0.15, 0.2) is 5.96 Å². The summed E-state index contributed by atoms with van der Waals surface area (Å²) in [4.78, 5) is 4.38. The number of guanidine groups is 1. The van der Waals surface area contributed by atoms with Crippen LogP contribution >= 0.6 is 11.8 Å². The fourth-order valence-corrected chi connectivity index (χ4v) is 3.25. The Labute approximate surface area is 148 Å². The minimum absolute atomic E-state index is 0.239. The zero-order valence-electron chi connectivity index (χ0n) is 14.3. The van der Waals surface area contributed by atoms with Gasteiger partial charge in [-0.25, -0.2) is 13.1 Å². The number of rotatable bonds is 10. The van der Waals surface area contributed by atoms with E-state index in [1.54, 1.807) is 37.0 Å². The third-order valence-corrected chi connectivity index (χ3v) is 5.16. The quantitative estimate of drug-likeness (QED) is 0.316. The molecule has 1 aromatic carbocycles. The largest absolute Gasteiger partial charge is 0.383 e. The van der Waals surface area contributed by atoms with Crippen LogP contribution in [0.4, 0.5) is 0 Å². The summed E-state index contributed by atoms with van der Waals surface area (Å²) in [5, 5.41) is 6.36. The topological polar surface area (TPSA) is 91.8 Å². The first-order valence-electron chi connectivity index (χ1n) is 7.54. The number of nitrogens with one attached hydrogen (secondary N) is 3. The van der Waals surface area contributed by atoms with Gasteiger partial charge >= 0.3 is 0 Å². The molecule has 0 unspecified atom stereocenters. The number of sulfonamides is 1. The summed E-state index contributed by atoms with van der Waals surface area (Å²) in [5.41, 5.74) is 0.859. The van der Waals surface area contributed by atoms with Crippen LogP contribution in [0.15, 0.2) is 34.2 Å². The van der Waals surface area contributed by atoms with E-state index in [0.29, 0.717) is 19.1 Å². The molecule has 0 atom stereocenters. The molecule has 0 aliphatic carbocycles. The lowest BCUT2D eigenvalue weighted by molar-refractivity contribution is 0.204. The van der Waals surface area contributed by atoms with Crippen molar-refractivity contribution in [3.63, 3.8) is 0 Å². The predicted molar refractivity (Wildman–Crippen MR) is 100 cm³/mol. The summed E-state index contributed by atoms with van der Waals surface area (Å²) in [7, 11) is -0.291. The summed E-state index contributed by atoms with van der Waals surface area (Å²) >= 11 is 1.75. The molecule has 9 heteroatoms. The molecule has 3 N–H and O–H groups in total. The Kier molecular flexibility index (Phi) is 9.77. The van der Waals surface area contributed by atoms with Crippen molar-refractivity contribution in [2.75, 3.05) is 45.9 Å². The van der Waals surface area contributed by atoms with Gasteiger partial charge in [-0.2, -0.15) is 11.8 Å². The minimum atomic E-state index is -3.52. The molecule has 0 bridgehead atoms. The van der Waals surface area contributed by atoms with Gasteiger partial charge in [0, 0.05) is 39.5 Å². The standard InChI is InChI=1S/C15H26N4O3S2/c1-16-15(17-8-10-23-3)18-12-13-5-4-6-14(11-13)24(20,21)19-7-9-22-2/h4-6,11,19H,7-10,12H2,1-3H3,(H2,16,17,18). The van der Waals surface area contributed by atoms with Gasteiger partial charge in [-0.05, 0) is 24.0 Å². The molecule has 24 heavy (non-hydrogen) atoms. The van der Waals surface area contributed by atoms with Crippen LogP contribution in [0.25, 0.3) is 0 Å². The highest BCUT2D eigenvalue weighted by Crippen LogP contribution is 2.11. The Hall–Kier alpha value is -1.29. The average molecular weight is 375 g/mol. The van der Waals surface area contributed by atoms with Gasteiger partial charge < -0.3 is 15.4 Å². The van der Waals surface area contributed by atoms with Crippen molar-refractivity contribution >= 4 is 27.7 Å². The van der Waals surface area contributed by atoms with Crippen LogP contribution in [0.2, 0.25) is 0 Å². The Morgan fingerprint density at radius 2 is 2.08 bits per heavy atom. The van der Waals surface area contributed by atoms with Gasteiger partial charge in [0.1, 0.15) is 0 Å². The molecule has 0 aliphatic rings. The first-order chi connectivity index (χ1) is 11.5. The fourth-order valence-electron chi connectivity index (χ4n) is 1.86. The maximum Gasteiger partial charge on any atom is 0.240 e. The van der Waals surface area contributed by atoms with E-state index < -0.39 is 10.0 Å². The molecule has 0 spiro atoms. The summed E-state index contributed by atoms with van der Waals surface area (Å²) < 4.78 is 31.8. The molecule has 0 saturated heterocycles. The first-order valence-corrected chi connectivity index (χ1v) is 10.4. The third-order valence-electron chi connectivity index (χ3n) is 3.09. The van der Waals surface area contributed by atoms with E-state index in [0.717, 1.165) is 17.9 Å². The molecular formula is C15H26N4O3S2. The van der Waals surface area contributed by atoms with Crippen molar-refractivity contribution in [3.8, 4) is 0 Å². The monoisotopic (exact) mass is 374 g/mol. The number of hydrogen-bond donors (Lipinski definition) is 3. The molecule has 0 fully saturated rings. The zero-order chi connectivity index (χ0) is 17.8. The number of benzene rings is 1. The van der Waals surface area contributed by atoms with Crippen molar-refractivity contribution in [2.45, 2.75) is 11.4 Å².